The fourth-order valence-corrected chi connectivity index (χ4v) is 10.5. The molecule has 1 aromatic carbocycles. The topological polar surface area (TPSA) is 349 Å². The molecule has 0 saturated carbocycles. The number of unbranched alkanes of at least 4 members (excludes halogenated alkanes) is 20. The van der Waals surface area contributed by atoms with Gasteiger partial charge in [-0.3, -0.25) is 43.1 Å². The van der Waals surface area contributed by atoms with Crippen molar-refractivity contribution in [1.82, 2.24) is 41.3 Å². The number of aryl methyl sites for hydroxylation is 2. The average molecular weight is 1260 g/mol. The highest BCUT2D eigenvalue weighted by atomic mass is 32.2. The maximum Gasteiger partial charge on any atom is 0.326 e. The average Bonchev–Trinajstić information content (AvgIpc) is 4.19. The minimum absolute atomic E-state index is 0.0202. The molecule has 24 heteroatoms. The molecule has 0 spiro atoms. The van der Waals surface area contributed by atoms with Crippen LogP contribution in [0, 0.1) is 12.8 Å². The van der Waals surface area contributed by atoms with Crippen LogP contribution < -0.4 is 20.7 Å². The lowest BCUT2D eigenvalue weighted by atomic mass is 9.94. The standard InChI is InChI=1S/C46H81N7O11S.C18H27NO4/c1-2-38(54)31-32-40(46(61)62)48-43(57)33-30-37(45(59)60)36-39(55)26-21-17-13-9-8-12-16-20-24-34-47-42(56)29-25-35-65(63,64)51-44(58)28-23-19-15-11-7-5-3-4-6-10-14-18-22-27-41-49-52-53-50-41;1-3-11-22-12-13-23-14-18(21)19-10-4-5-17(20)16-8-6-15(2)7-9-16/h37,40H,2-36H2,1H3,(H,47,56)(H,48,57)(H,51,58)(H,59,60)(H,61,62)(H,49,50,52,53);6-9H,3-5,10-14H2,1-2H3,(H,19,21)/t37-,40?;/m1./s1. The summed E-state index contributed by atoms with van der Waals surface area (Å²) in [5.41, 5.74) is 1.85. The van der Waals surface area contributed by atoms with Gasteiger partial charge in [-0.2, -0.15) is 5.21 Å². The number of carboxylic acid groups (broad SMARTS) is 2. The molecular weight excluding hydrogens is 1150 g/mol. The van der Waals surface area contributed by atoms with E-state index in [1.54, 1.807) is 6.92 Å². The highest BCUT2D eigenvalue weighted by molar-refractivity contribution is 7.90. The van der Waals surface area contributed by atoms with E-state index >= 15 is 0 Å². The van der Waals surface area contributed by atoms with Crippen LogP contribution in [0.5, 0.6) is 0 Å². The summed E-state index contributed by atoms with van der Waals surface area (Å²) in [7, 11) is -3.78. The van der Waals surface area contributed by atoms with E-state index in [-0.39, 0.29) is 106 Å². The van der Waals surface area contributed by atoms with E-state index in [1.807, 2.05) is 38.1 Å². The summed E-state index contributed by atoms with van der Waals surface area (Å²) in [6, 6.07) is 6.29. The Kier molecular flexibility index (Phi) is 48.1. The number of nitrogens with one attached hydrogen (secondary N) is 5. The number of Topliss-reactive ketones (excluding diaryl/α,β-unsaturated/α-hetero) is 3. The van der Waals surface area contributed by atoms with Crippen molar-refractivity contribution in [2.24, 2.45) is 5.92 Å². The lowest BCUT2D eigenvalue weighted by Crippen LogP contribution is -2.41. The second-order valence-electron chi connectivity index (χ2n) is 22.8. The molecule has 1 unspecified atom stereocenters. The number of sulfonamides is 1. The molecule has 2 rings (SSSR count). The van der Waals surface area contributed by atoms with E-state index in [1.165, 1.54) is 51.4 Å². The van der Waals surface area contributed by atoms with Crippen LogP contribution >= 0.6 is 0 Å². The van der Waals surface area contributed by atoms with Crippen LogP contribution in [0.4, 0.5) is 0 Å². The molecule has 0 aliphatic heterocycles. The Morgan fingerprint density at radius 1 is 0.545 bits per heavy atom. The summed E-state index contributed by atoms with van der Waals surface area (Å²) >= 11 is 0. The van der Waals surface area contributed by atoms with Crippen LogP contribution in [0.25, 0.3) is 0 Å². The van der Waals surface area contributed by atoms with E-state index in [9.17, 15) is 61.8 Å². The number of hydrogen-bond donors (Lipinski definition) is 7. The number of aromatic nitrogens is 4. The summed E-state index contributed by atoms with van der Waals surface area (Å²) in [6.07, 6.45) is 26.3. The van der Waals surface area contributed by atoms with E-state index in [0.29, 0.717) is 58.6 Å². The van der Waals surface area contributed by atoms with Gasteiger partial charge in [-0.1, -0.05) is 164 Å². The number of aliphatic carboxylic acids is 2. The van der Waals surface area contributed by atoms with E-state index in [2.05, 4.69) is 41.3 Å². The van der Waals surface area contributed by atoms with Crippen LogP contribution in [0.3, 0.4) is 0 Å². The molecule has 23 nitrogen and oxygen atoms in total. The Labute approximate surface area is 523 Å². The second-order valence-corrected chi connectivity index (χ2v) is 24.6. The maximum atomic E-state index is 12.4. The molecule has 0 saturated heterocycles. The number of hydrogen-bond acceptors (Lipinski definition) is 16. The number of amides is 4. The smallest absolute Gasteiger partial charge is 0.326 e. The molecule has 7 N–H and O–H groups in total. The predicted molar refractivity (Wildman–Crippen MR) is 337 cm³/mol. The fourth-order valence-electron chi connectivity index (χ4n) is 9.44. The van der Waals surface area contributed by atoms with E-state index < -0.39 is 45.7 Å². The Morgan fingerprint density at radius 3 is 1.66 bits per heavy atom. The molecule has 0 radical (unpaired) electrons. The molecule has 88 heavy (non-hydrogen) atoms. The third kappa shape index (κ3) is 47.1. The number of H-pyrrole nitrogens is 1. The third-order valence-corrected chi connectivity index (χ3v) is 16.1. The SMILES string of the molecule is CCC(=O)CCC(NC(=O)CC[C@H](CC(=O)CCCCCCCCCCCNC(=O)CCCS(=O)(=O)NC(=O)CCCCCCCCCCCCCCCc1nn[nH]n1)C(=O)O)C(=O)O.CCCOCCOCC(=O)NCCCC(=O)c1ccc(C)cc1. The minimum atomic E-state index is -3.78. The lowest BCUT2D eigenvalue weighted by molar-refractivity contribution is -0.145. The first-order chi connectivity index (χ1) is 42.3. The highest BCUT2D eigenvalue weighted by Gasteiger charge is 2.25. The van der Waals surface area contributed by atoms with Crippen molar-refractivity contribution in [3.05, 3.63) is 41.2 Å². The molecule has 0 aliphatic rings. The zero-order valence-electron chi connectivity index (χ0n) is 53.3. The Morgan fingerprint density at radius 2 is 1.09 bits per heavy atom. The summed E-state index contributed by atoms with van der Waals surface area (Å²) < 4.78 is 37.2. The van der Waals surface area contributed by atoms with Gasteiger partial charge in [-0.15, -0.1) is 10.2 Å². The lowest BCUT2D eigenvalue weighted by Gasteiger charge is -2.15. The third-order valence-electron chi connectivity index (χ3n) is 14.7. The first-order valence-corrected chi connectivity index (χ1v) is 34.3. The van der Waals surface area contributed by atoms with Crippen LogP contribution in [0.1, 0.15) is 260 Å². The van der Waals surface area contributed by atoms with Gasteiger partial charge < -0.3 is 35.6 Å². The van der Waals surface area contributed by atoms with Crippen LogP contribution in [-0.4, -0.2) is 143 Å². The molecule has 0 fully saturated rings. The van der Waals surface area contributed by atoms with Gasteiger partial charge in [0.25, 0.3) is 0 Å². The maximum absolute atomic E-state index is 12.4. The summed E-state index contributed by atoms with van der Waals surface area (Å²) in [6.45, 7) is 8.35. The normalized spacial score (nSPS) is 11.9. The molecule has 0 aliphatic carbocycles. The Hall–Kier alpha value is -6.01. The fraction of sp³-hybridized carbons (Fsp3) is 0.750. The van der Waals surface area contributed by atoms with Gasteiger partial charge in [0.05, 0.1) is 24.9 Å². The largest absolute Gasteiger partial charge is 0.481 e. The van der Waals surface area contributed by atoms with Crippen molar-refractivity contribution < 1.29 is 71.3 Å². The summed E-state index contributed by atoms with van der Waals surface area (Å²) in [4.78, 5) is 107. The quantitative estimate of drug-likeness (QED) is 0.0239. The molecule has 4 amide bonds. The number of carbonyl (C=O) groups excluding carboxylic acids is 7. The van der Waals surface area contributed by atoms with Crippen molar-refractivity contribution in [2.45, 2.75) is 258 Å². The van der Waals surface area contributed by atoms with Crippen molar-refractivity contribution in [1.29, 1.82) is 0 Å². The van der Waals surface area contributed by atoms with Crippen molar-refractivity contribution in [3.8, 4) is 0 Å². The Balaban J connectivity index is 0.00000140. The first kappa shape index (κ1) is 80.0. The predicted octanol–water partition coefficient (Wildman–Crippen LogP) is 9.73. The van der Waals surface area contributed by atoms with Gasteiger partial charge in [-0.25, -0.2) is 13.2 Å². The zero-order chi connectivity index (χ0) is 64.9. The minimum Gasteiger partial charge on any atom is -0.481 e. The van der Waals surface area contributed by atoms with Crippen LogP contribution in [0.2, 0.25) is 0 Å². The number of tetrazole rings is 1. The molecule has 1 aromatic heterocycles. The Bertz CT molecular complexity index is 2360. The number of ether oxygens (including phenoxy) is 2. The van der Waals surface area contributed by atoms with Gasteiger partial charge in [0, 0.05) is 83.0 Å². The van der Waals surface area contributed by atoms with Crippen molar-refractivity contribution in [2.75, 3.05) is 45.3 Å². The molecule has 1 heterocycles. The number of aromatic amines is 1. The number of nitrogens with zero attached hydrogens (tertiary/aromatic N) is 3. The molecular formula is C64H108N8O15S. The highest BCUT2D eigenvalue weighted by Crippen LogP contribution is 2.18. The zero-order valence-corrected chi connectivity index (χ0v) is 54.1. The van der Waals surface area contributed by atoms with Crippen molar-refractivity contribution >= 4 is 62.9 Å². The van der Waals surface area contributed by atoms with E-state index in [0.717, 1.165) is 107 Å². The van der Waals surface area contributed by atoms with Crippen molar-refractivity contribution in [3.63, 3.8) is 0 Å². The molecule has 0 bridgehead atoms. The number of benzene rings is 1. The van der Waals surface area contributed by atoms with Crippen LogP contribution in [0.15, 0.2) is 24.3 Å². The van der Waals surface area contributed by atoms with Crippen LogP contribution in [-0.2, 0) is 64.3 Å². The van der Waals surface area contributed by atoms with Gasteiger partial charge in [0.15, 0.2) is 11.6 Å². The van der Waals surface area contributed by atoms with Gasteiger partial charge in [0.1, 0.15) is 24.2 Å². The number of carbonyl (C=O) groups is 9. The first-order valence-electron chi connectivity index (χ1n) is 32.7. The molecule has 500 valence electrons. The number of ketones is 3. The summed E-state index contributed by atoms with van der Waals surface area (Å²) in [5, 5.41) is 40.8. The monoisotopic (exact) mass is 1260 g/mol. The van der Waals surface area contributed by atoms with Gasteiger partial charge >= 0.3 is 11.9 Å². The number of rotatable bonds is 57. The van der Waals surface area contributed by atoms with Gasteiger partial charge in [-0.05, 0) is 64.7 Å². The second kappa shape index (κ2) is 52.9. The van der Waals surface area contributed by atoms with E-state index in [4.69, 9.17) is 9.47 Å². The van der Waals surface area contributed by atoms with Gasteiger partial charge in [0.2, 0.25) is 33.7 Å². The molecule has 2 aromatic rings. The molecule has 2 atom stereocenters. The summed E-state index contributed by atoms with van der Waals surface area (Å²) in [5.74, 6) is -4.67. The number of carboxylic acids is 2.